The molecule has 0 aromatic carbocycles. The van der Waals surface area contributed by atoms with Crippen LogP contribution < -0.4 is 5.56 Å². The van der Waals surface area contributed by atoms with Crippen molar-refractivity contribution in [2.75, 3.05) is 0 Å². The Morgan fingerprint density at radius 1 is 1.38 bits per heavy atom. The maximum Gasteiger partial charge on any atom is 0.406 e. The molecule has 7 heteroatoms. The Kier molecular flexibility index (Phi) is 2.25. The van der Waals surface area contributed by atoms with Crippen molar-refractivity contribution < 1.29 is 13.2 Å². The normalized spacial score (nSPS) is 12.2. The summed E-state index contributed by atoms with van der Waals surface area (Å²) in [7, 11) is 0. The minimum absolute atomic E-state index is 0.173. The van der Waals surface area contributed by atoms with Gasteiger partial charge < -0.3 is 4.57 Å². The van der Waals surface area contributed by atoms with Crippen LogP contribution >= 0.6 is 0 Å². The first-order valence-corrected chi connectivity index (χ1v) is 4.48. The van der Waals surface area contributed by atoms with E-state index in [1.165, 1.54) is 16.9 Å². The Morgan fingerprint density at radius 3 is 2.69 bits per heavy atom. The summed E-state index contributed by atoms with van der Waals surface area (Å²) < 4.78 is 38.4. The topological polar surface area (TPSA) is 39.3 Å². The van der Waals surface area contributed by atoms with Crippen molar-refractivity contribution in [1.82, 2.24) is 14.2 Å². The van der Waals surface area contributed by atoms with Crippen molar-refractivity contribution in [2.45, 2.75) is 19.6 Å². The number of rotatable bonds is 1. The lowest BCUT2D eigenvalue weighted by Crippen LogP contribution is -2.28. The summed E-state index contributed by atoms with van der Waals surface area (Å²) in [5, 5.41) is 3.84. The molecule has 2 rings (SSSR count). The lowest BCUT2D eigenvalue weighted by molar-refractivity contribution is -0.141. The van der Waals surface area contributed by atoms with Crippen molar-refractivity contribution in [3.63, 3.8) is 0 Å². The fraction of sp³-hybridized carbons (Fsp3) is 0.333. The van der Waals surface area contributed by atoms with Gasteiger partial charge in [0.1, 0.15) is 12.1 Å². The molecule has 0 saturated carbocycles. The molecule has 0 aliphatic carbocycles. The van der Waals surface area contributed by atoms with E-state index >= 15 is 0 Å². The zero-order valence-corrected chi connectivity index (χ0v) is 8.32. The summed E-state index contributed by atoms with van der Waals surface area (Å²) in [6.45, 7) is 0.342. The van der Waals surface area contributed by atoms with E-state index in [9.17, 15) is 18.0 Å². The second kappa shape index (κ2) is 3.36. The predicted octanol–water partition coefficient (Wildman–Crippen LogP) is 1.37. The van der Waals surface area contributed by atoms with Gasteiger partial charge >= 0.3 is 6.18 Å². The first kappa shape index (κ1) is 10.7. The zero-order chi connectivity index (χ0) is 11.9. The van der Waals surface area contributed by atoms with Gasteiger partial charge in [-0.15, -0.1) is 0 Å². The molecule has 0 amide bonds. The summed E-state index contributed by atoms with van der Waals surface area (Å²) in [5.74, 6) is 0. The summed E-state index contributed by atoms with van der Waals surface area (Å²) in [5.41, 5.74) is 0.0445. The van der Waals surface area contributed by atoms with Gasteiger partial charge in [-0.2, -0.15) is 18.3 Å². The lowest BCUT2D eigenvalue weighted by atomic mass is 10.3. The Labute approximate surface area is 87.9 Å². The minimum Gasteiger partial charge on any atom is -0.303 e. The van der Waals surface area contributed by atoms with Crippen LogP contribution in [-0.2, 0) is 6.54 Å². The molecule has 2 aromatic rings. The number of hydrogen-bond donors (Lipinski definition) is 0. The molecule has 16 heavy (non-hydrogen) atoms. The molecule has 4 nitrogen and oxygen atoms in total. The van der Waals surface area contributed by atoms with Crippen molar-refractivity contribution in [1.29, 1.82) is 0 Å². The summed E-state index contributed by atoms with van der Waals surface area (Å²) in [4.78, 5) is 11.7. The van der Waals surface area contributed by atoms with Crippen LogP contribution in [0.25, 0.3) is 5.52 Å². The smallest absolute Gasteiger partial charge is 0.303 e. The maximum atomic E-state index is 12.2. The molecular weight excluding hydrogens is 223 g/mol. The molecule has 0 unspecified atom stereocenters. The van der Waals surface area contributed by atoms with Crippen LogP contribution in [0.2, 0.25) is 0 Å². The number of aromatic nitrogens is 3. The van der Waals surface area contributed by atoms with E-state index in [2.05, 4.69) is 5.10 Å². The van der Waals surface area contributed by atoms with Crippen molar-refractivity contribution in [2.24, 2.45) is 0 Å². The number of halogens is 3. The summed E-state index contributed by atoms with van der Waals surface area (Å²) in [6.07, 6.45) is -0.560. The van der Waals surface area contributed by atoms with Crippen LogP contribution in [0.3, 0.4) is 0 Å². The minimum atomic E-state index is -4.41. The van der Waals surface area contributed by atoms with Gasteiger partial charge in [0.25, 0.3) is 5.56 Å². The van der Waals surface area contributed by atoms with E-state index in [1.807, 2.05) is 0 Å². The monoisotopic (exact) mass is 231 g/mol. The average molecular weight is 231 g/mol. The third-order valence-electron chi connectivity index (χ3n) is 2.18. The second-order valence-corrected chi connectivity index (χ2v) is 3.47. The highest BCUT2D eigenvalue weighted by atomic mass is 19.4. The first-order chi connectivity index (χ1) is 7.38. The molecule has 0 N–H and O–H groups in total. The fourth-order valence-electron chi connectivity index (χ4n) is 1.49. The molecule has 0 bridgehead atoms. The number of aryl methyl sites for hydroxylation is 1. The molecule has 0 aliphatic rings. The highest BCUT2D eigenvalue weighted by Gasteiger charge is 2.28. The predicted molar refractivity (Wildman–Crippen MR) is 50.2 cm³/mol. The molecule has 0 saturated heterocycles. The molecule has 0 spiro atoms. The molecule has 2 heterocycles. The Balaban J connectivity index is 2.61. The third kappa shape index (κ3) is 1.80. The number of fused-ring (bicyclic) bond motifs is 1. The second-order valence-electron chi connectivity index (χ2n) is 3.47. The van der Waals surface area contributed by atoms with E-state index < -0.39 is 18.3 Å². The molecule has 0 aliphatic heterocycles. The maximum absolute atomic E-state index is 12.2. The van der Waals surface area contributed by atoms with E-state index in [-0.39, 0.29) is 5.52 Å². The van der Waals surface area contributed by atoms with Gasteiger partial charge in [0.2, 0.25) is 0 Å². The summed E-state index contributed by atoms with van der Waals surface area (Å²) >= 11 is 0. The molecule has 2 aromatic heterocycles. The van der Waals surface area contributed by atoms with Crippen LogP contribution in [0, 0.1) is 6.92 Å². The highest BCUT2D eigenvalue weighted by molar-refractivity contribution is 5.50. The lowest BCUT2D eigenvalue weighted by Gasteiger charge is -2.09. The average Bonchev–Trinajstić information content (AvgIpc) is 2.51. The van der Waals surface area contributed by atoms with Crippen LogP contribution in [0.1, 0.15) is 5.56 Å². The van der Waals surface area contributed by atoms with Gasteiger partial charge in [0.15, 0.2) is 0 Å². The standard InChI is InChI=1S/C9H8F3N3O/c1-6-4-13-15-3-2-14(5-9(10,11)12)8(16)7(6)15/h2-4H,5H2,1H3. The number of hydrogen-bond acceptors (Lipinski definition) is 2. The number of alkyl halides is 3. The Bertz CT molecular complexity index is 582. The van der Waals surface area contributed by atoms with E-state index in [0.29, 0.717) is 10.1 Å². The van der Waals surface area contributed by atoms with Gasteiger partial charge in [-0.1, -0.05) is 0 Å². The molecular formula is C9H8F3N3O. The highest BCUT2D eigenvalue weighted by Crippen LogP contribution is 2.16. The van der Waals surface area contributed by atoms with Crippen LogP contribution in [0.15, 0.2) is 23.4 Å². The van der Waals surface area contributed by atoms with E-state index in [4.69, 9.17) is 0 Å². The van der Waals surface area contributed by atoms with Crippen molar-refractivity contribution >= 4 is 5.52 Å². The van der Waals surface area contributed by atoms with Gasteiger partial charge in [0, 0.05) is 18.0 Å². The number of nitrogens with zero attached hydrogens (tertiary/aromatic N) is 3. The van der Waals surface area contributed by atoms with Crippen molar-refractivity contribution in [3.05, 3.63) is 34.5 Å². The first-order valence-electron chi connectivity index (χ1n) is 4.48. The van der Waals surface area contributed by atoms with E-state index in [1.54, 1.807) is 6.92 Å². The van der Waals surface area contributed by atoms with E-state index in [0.717, 1.165) is 6.20 Å². The largest absolute Gasteiger partial charge is 0.406 e. The van der Waals surface area contributed by atoms with Gasteiger partial charge in [-0.3, -0.25) is 4.79 Å². The Morgan fingerprint density at radius 2 is 2.06 bits per heavy atom. The van der Waals surface area contributed by atoms with Crippen molar-refractivity contribution in [3.8, 4) is 0 Å². The third-order valence-corrected chi connectivity index (χ3v) is 2.18. The van der Waals surface area contributed by atoms with Gasteiger partial charge in [0.05, 0.1) is 6.20 Å². The van der Waals surface area contributed by atoms with Crippen LogP contribution in [0.5, 0.6) is 0 Å². The fourth-order valence-corrected chi connectivity index (χ4v) is 1.49. The van der Waals surface area contributed by atoms with Gasteiger partial charge in [-0.25, -0.2) is 4.52 Å². The molecule has 0 atom stereocenters. The molecule has 0 radical (unpaired) electrons. The van der Waals surface area contributed by atoms with Crippen LogP contribution in [-0.4, -0.2) is 20.4 Å². The summed E-state index contributed by atoms with van der Waals surface area (Å²) in [6, 6.07) is 0. The molecule has 86 valence electrons. The molecule has 0 fully saturated rings. The quantitative estimate of drug-likeness (QED) is 0.743. The van der Waals surface area contributed by atoms with Gasteiger partial charge in [-0.05, 0) is 6.92 Å². The SMILES string of the molecule is Cc1cnn2ccn(CC(F)(F)F)c(=O)c12. The zero-order valence-electron chi connectivity index (χ0n) is 8.32. The Hall–Kier alpha value is -1.79. The van der Waals surface area contributed by atoms with Crippen LogP contribution in [0.4, 0.5) is 13.2 Å².